The molecule has 3 aromatic rings. The van der Waals surface area contributed by atoms with Crippen molar-refractivity contribution >= 4 is 52.8 Å². The Bertz CT molecular complexity index is 1270. The van der Waals surface area contributed by atoms with E-state index in [4.69, 9.17) is 27.9 Å². The monoisotopic (exact) mass is 487 g/mol. The number of aromatic nitrogens is 1. The molecule has 1 saturated heterocycles. The summed E-state index contributed by atoms with van der Waals surface area (Å²) in [5.74, 6) is -1.67. The molecule has 7 nitrogen and oxygen atoms in total. The number of carbonyl (C=O) groups is 3. The Morgan fingerprint density at radius 2 is 1.79 bits per heavy atom. The number of benzene rings is 2. The third-order valence-electron chi connectivity index (χ3n) is 4.83. The highest BCUT2D eigenvalue weighted by Crippen LogP contribution is 2.27. The number of amides is 4. The number of hydrogen-bond acceptors (Lipinski definition) is 4. The van der Waals surface area contributed by atoms with Crippen molar-refractivity contribution in [3.63, 3.8) is 0 Å². The lowest BCUT2D eigenvalue weighted by Gasteiger charge is -2.26. The molecular weight excluding hydrogens is 472 g/mol. The summed E-state index contributed by atoms with van der Waals surface area (Å²) in [4.78, 5) is 38.4. The van der Waals surface area contributed by atoms with Crippen molar-refractivity contribution in [2.45, 2.75) is 6.54 Å². The predicted molar refractivity (Wildman–Crippen MR) is 122 cm³/mol. The molecule has 1 fully saturated rings. The Morgan fingerprint density at radius 1 is 1.03 bits per heavy atom. The molecule has 0 radical (unpaired) electrons. The Kier molecular flexibility index (Phi) is 6.48. The number of nitrogens with zero attached hydrogens (tertiary/aromatic N) is 2. The van der Waals surface area contributed by atoms with E-state index in [0.29, 0.717) is 28.0 Å². The van der Waals surface area contributed by atoms with Crippen LogP contribution in [0.2, 0.25) is 10.0 Å². The van der Waals surface area contributed by atoms with Gasteiger partial charge in [0.25, 0.3) is 11.8 Å². The van der Waals surface area contributed by atoms with Crippen LogP contribution in [0.25, 0.3) is 6.08 Å². The third-order valence-corrected chi connectivity index (χ3v) is 5.36. The first kappa shape index (κ1) is 22.6. The summed E-state index contributed by atoms with van der Waals surface area (Å²) in [6.07, 6.45) is 3.14. The first-order chi connectivity index (χ1) is 15.8. The highest BCUT2D eigenvalue weighted by molar-refractivity contribution is 6.39. The molecule has 0 saturated carbocycles. The second-order valence-corrected chi connectivity index (χ2v) is 7.83. The van der Waals surface area contributed by atoms with Gasteiger partial charge in [-0.2, -0.15) is 0 Å². The lowest BCUT2D eigenvalue weighted by atomic mass is 10.1. The van der Waals surface area contributed by atoms with Crippen LogP contribution in [-0.4, -0.2) is 29.0 Å². The topological polar surface area (TPSA) is 80.6 Å². The van der Waals surface area contributed by atoms with Gasteiger partial charge in [0.05, 0.1) is 17.3 Å². The molecule has 2 aromatic carbocycles. The minimum atomic E-state index is -0.905. The molecule has 2 heterocycles. The molecular formula is C23H16Cl2FN3O4. The maximum Gasteiger partial charge on any atom is 0.335 e. The summed E-state index contributed by atoms with van der Waals surface area (Å²) >= 11 is 12.0. The molecule has 0 atom stereocenters. The van der Waals surface area contributed by atoms with E-state index in [0.717, 1.165) is 17.0 Å². The van der Waals surface area contributed by atoms with Crippen molar-refractivity contribution < 1.29 is 23.5 Å². The molecule has 0 bridgehead atoms. The molecule has 0 unspecified atom stereocenters. The second-order valence-electron chi connectivity index (χ2n) is 6.98. The van der Waals surface area contributed by atoms with Crippen molar-refractivity contribution in [1.82, 2.24) is 9.88 Å². The van der Waals surface area contributed by atoms with Crippen LogP contribution >= 0.6 is 23.2 Å². The molecule has 1 aliphatic heterocycles. The lowest BCUT2D eigenvalue weighted by molar-refractivity contribution is -0.122. The Morgan fingerprint density at radius 3 is 2.52 bits per heavy atom. The zero-order valence-electron chi connectivity index (χ0n) is 16.9. The maximum absolute atomic E-state index is 13.2. The normalized spacial score (nSPS) is 15.2. The van der Waals surface area contributed by atoms with Crippen molar-refractivity contribution in [3.8, 4) is 5.75 Å². The first-order valence-electron chi connectivity index (χ1n) is 9.73. The molecule has 0 spiro atoms. The van der Waals surface area contributed by atoms with Crippen molar-refractivity contribution in [2.24, 2.45) is 0 Å². The van der Waals surface area contributed by atoms with Crippen molar-refractivity contribution in [3.05, 3.63) is 87.9 Å². The largest absolute Gasteiger partial charge is 0.490 e. The summed E-state index contributed by atoms with van der Waals surface area (Å²) in [6.45, 7) is 0.647. The minimum Gasteiger partial charge on any atom is -0.490 e. The second kappa shape index (κ2) is 9.48. The lowest BCUT2D eigenvalue weighted by Crippen LogP contribution is -2.54. The van der Waals surface area contributed by atoms with E-state index in [9.17, 15) is 18.8 Å². The van der Waals surface area contributed by atoms with Crippen LogP contribution in [0.1, 0.15) is 5.69 Å². The van der Waals surface area contributed by atoms with Gasteiger partial charge in [-0.25, -0.2) is 14.1 Å². The van der Waals surface area contributed by atoms with Crippen LogP contribution in [0.3, 0.4) is 0 Å². The molecule has 4 amide bonds. The molecule has 33 heavy (non-hydrogen) atoms. The Balaban J connectivity index is 1.53. The number of nitrogens with one attached hydrogen (secondary N) is 1. The molecule has 168 valence electrons. The minimum absolute atomic E-state index is 0.140. The van der Waals surface area contributed by atoms with Gasteiger partial charge in [-0.3, -0.25) is 14.9 Å². The number of anilines is 1. The molecule has 1 N–H and O–H groups in total. The average Bonchev–Trinajstić information content (AvgIpc) is 3.21. The number of hydrogen-bond donors (Lipinski definition) is 1. The van der Waals surface area contributed by atoms with Crippen LogP contribution in [0.15, 0.2) is 66.4 Å². The van der Waals surface area contributed by atoms with Gasteiger partial charge in [0.2, 0.25) is 0 Å². The van der Waals surface area contributed by atoms with Gasteiger partial charge in [-0.05, 0) is 60.7 Å². The first-order valence-corrected chi connectivity index (χ1v) is 10.5. The third kappa shape index (κ3) is 4.92. The number of halogens is 3. The average molecular weight is 488 g/mol. The van der Waals surface area contributed by atoms with E-state index < -0.39 is 23.7 Å². The summed E-state index contributed by atoms with van der Waals surface area (Å²) in [7, 11) is 0. The Hall–Kier alpha value is -3.62. The summed E-state index contributed by atoms with van der Waals surface area (Å²) in [6, 6.07) is 12.2. The van der Waals surface area contributed by atoms with Crippen molar-refractivity contribution in [2.75, 3.05) is 11.5 Å². The molecule has 1 aromatic heterocycles. The van der Waals surface area contributed by atoms with E-state index in [2.05, 4.69) is 5.32 Å². The number of ether oxygens (including phenoxy) is 1. The SMILES string of the molecule is O=C1NC(=O)N(c2ccc(F)cc2)C(=O)/C1=C/c1cccn1CCOc1ccc(Cl)cc1Cl. The van der Waals surface area contributed by atoms with Gasteiger partial charge < -0.3 is 9.30 Å². The van der Waals surface area contributed by atoms with Gasteiger partial charge in [-0.15, -0.1) is 0 Å². The van der Waals surface area contributed by atoms with Crippen LogP contribution in [0.4, 0.5) is 14.9 Å². The van der Waals surface area contributed by atoms with Gasteiger partial charge in [-0.1, -0.05) is 23.2 Å². The highest BCUT2D eigenvalue weighted by atomic mass is 35.5. The number of barbiturate groups is 1. The number of imide groups is 2. The van der Waals surface area contributed by atoms with E-state index >= 15 is 0 Å². The fraction of sp³-hybridized carbons (Fsp3) is 0.0870. The Labute approximate surface area is 198 Å². The number of carbonyl (C=O) groups excluding carboxylic acids is 3. The molecule has 0 aliphatic carbocycles. The van der Waals surface area contributed by atoms with Gasteiger partial charge in [0, 0.05) is 16.9 Å². The van der Waals surface area contributed by atoms with Crippen LogP contribution in [0.5, 0.6) is 5.75 Å². The molecule has 4 rings (SSSR count). The maximum atomic E-state index is 13.2. The van der Waals surface area contributed by atoms with E-state index in [-0.39, 0.29) is 17.9 Å². The van der Waals surface area contributed by atoms with E-state index in [1.807, 2.05) is 0 Å². The number of urea groups is 1. The summed E-state index contributed by atoms with van der Waals surface area (Å²) < 4.78 is 20.7. The van der Waals surface area contributed by atoms with Crippen molar-refractivity contribution in [1.29, 1.82) is 0 Å². The quantitative estimate of drug-likeness (QED) is 0.404. The number of rotatable bonds is 6. The van der Waals surface area contributed by atoms with E-state index in [1.54, 1.807) is 41.1 Å². The predicted octanol–water partition coefficient (Wildman–Crippen LogP) is 4.68. The summed E-state index contributed by atoms with van der Waals surface area (Å²) in [5, 5.41) is 3.01. The zero-order chi connectivity index (χ0) is 23.5. The smallest absolute Gasteiger partial charge is 0.335 e. The fourth-order valence-corrected chi connectivity index (χ4v) is 3.70. The fourth-order valence-electron chi connectivity index (χ4n) is 3.24. The summed E-state index contributed by atoms with van der Waals surface area (Å²) in [5.41, 5.74) is 0.453. The molecule has 10 heteroatoms. The highest BCUT2D eigenvalue weighted by Gasteiger charge is 2.37. The van der Waals surface area contributed by atoms with Crippen LogP contribution < -0.4 is 15.0 Å². The van der Waals surface area contributed by atoms with Crippen LogP contribution in [0, 0.1) is 5.82 Å². The van der Waals surface area contributed by atoms with E-state index in [1.165, 1.54) is 18.2 Å². The zero-order valence-corrected chi connectivity index (χ0v) is 18.4. The van der Waals surface area contributed by atoms with Crippen LogP contribution in [-0.2, 0) is 16.1 Å². The van der Waals surface area contributed by atoms with Gasteiger partial charge in [0.1, 0.15) is 23.7 Å². The molecule has 1 aliphatic rings. The standard InChI is InChI=1S/C23H16Cl2FN3O4/c24-14-3-8-20(19(25)12-14)33-11-10-28-9-1-2-17(28)13-18-21(30)27-23(32)29(22(18)31)16-6-4-15(26)5-7-16/h1-9,12-13H,10-11H2,(H,27,30,32)/b18-13+. The van der Waals surface area contributed by atoms with Gasteiger partial charge in [0.15, 0.2) is 0 Å². The van der Waals surface area contributed by atoms with Gasteiger partial charge >= 0.3 is 6.03 Å².